The van der Waals surface area contributed by atoms with E-state index < -0.39 is 0 Å². The van der Waals surface area contributed by atoms with Crippen LogP contribution in [0.15, 0.2) is 37.4 Å². The van der Waals surface area contributed by atoms with Gasteiger partial charge in [-0.3, -0.25) is 9.69 Å². The SMILES string of the molecule is C=C.CN(CC1CCCCC1)C1(c2cccc(O)c2)CCC(=O)CC1. The van der Waals surface area contributed by atoms with Gasteiger partial charge >= 0.3 is 0 Å². The lowest BCUT2D eigenvalue weighted by Gasteiger charge is -2.46. The van der Waals surface area contributed by atoms with E-state index in [1.54, 1.807) is 6.07 Å². The standard InChI is InChI=1S/C20H29NO2.C2H4/c1-21(15-16-6-3-2-4-7-16)20(12-10-18(22)11-13-20)17-8-5-9-19(23)14-17;1-2/h5,8-9,14,16,23H,2-4,6-7,10-13,15H2,1H3;1-2H2. The van der Waals surface area contributed by atoms with Gasteiger partial charge in [0.05, 0.1) is 0 Å². The minimum Gasteiger partial charge on any atom is -0.508 e. The Bertz CT molecular complexity index is 553. The van der Waals surface area contributed by atoms with Gasteiger partial charge < -0.3 is 5.11 Å². The van der Waals surface area contributed by atoms with Crippen LogP contribution in [-0.2, 0) is 10.3 Å². The molecular formula is C22H33NO2. The summed E-state index contributed by atoms with van der Waals surface area (Å²) in [6, 6.07) is 7.67. The highest BCUT2D eigenvalue weighted by molar-refractivity contribution is 5.79. The van der Waals surface area contributed by atoms with Gasteiger partial charge in [-0.2, -0.15) is 0 Å². The summed E-state index contributed by atoms with van der Waals surface area (Å²) in [5.74, 6) is 1.48. The largest absolute Gasteiger partial charge is 0.508 e. The maximum Gasteiger partial charge on any atom is 0.133 e. The number of carbonyl (C=O) groups is 1. The van der Waals surface area contributed by atoms with Crippen molar-refractivity contribution in [3.63, 3.8) is 0 Å². The van der Waals surface area contributed by atoms with E-state index in [9.17, 15) is 9.90 Å². The van der Waals surface area contributed by atoms with Gasteiger partial charge in [0.2, 0.25) is 0 Å². The van der Waals surface area contributed by atoms with Crippen LogP contribution in [0.3, 0.4) is 0 Å². The van der Waals surface area contributed by atoms with Crippen LogP contribution in [-0.4, -0.2) is 29.4 Å². The molecule has 0 amide bonds. The predicted molar refractivity (Wildman–Crippen MR) is 104 cm³/mol. The first-order valence-corrected chi connectivity index (χ1v) is 9.63. The molecule has 3 nitrogen and oxygen atoms in total. The van der Waals surface area contributed by atoms with Gasteiger partial charge in [-0.1, -0.05) is 31.4 Å². The topological polar surface area (TPSA) is 40.5 Å². The first kappa shape index (κ1) is 19.7. The summed E-state index contributed by atoms with van der Waals surface area (Å²) in [7, 11) is 2.22. The van der Waals surface area contributed by atoms with Crippen LogP contribution < -0.4 is 0 Å². The van der Waals surface area contributed by atoms with Crippen LogP contribution in [0.25, 0.3) is 0 Å². The van der Waals surface area contributed by atoms with Crippen molar-refractivity contribution in [2.75, 3.05) is 13.6 Å². The number of nitrogens with zero attached hydrogens (tertiary/aromatic N) is 1. The predicted octanol–water partition coefficient (Wildman–Crippen LogP) is 5.04. The molecule has 0 bridgehead atoms. The first-order chi connectivity index (χ1) is 12.1. The van der Waals surface area contributed by atoms with Gasteiger partial charge in [0.25, 0.3) is 0 Å². The van der Waals surface area contributed by atoms with Crippen molar-refractivity contribution >= 4 is 5.78 Å². The molecule has 138 valence electrons. The number of benzene rings is 1. The summed E-state index contributed by atoms with van der Waals surface area (Å²) in [6.45, 7) is 7.10. The van der Waals surface area contributed by atoms with E-state index in [-0.39, 0.29) is 5.54 Å². The van der Waals surface area contributed by atoms with Gasteiger partial charge in [0.15, 0.2) is 0 Å². The summed E-state index contributed by atoms with van der Waals surface area (Å²) in [5.41, 5.74) is 1.08. The Hall–Kier alpha value is -1.61. The fraction of sp³-hybridized carbons (Fsp3) is 0.591. The second kappa shape index (κ2) is 9.19. The fourth-order valence-electron chi connectivity index (χ4n) is 4.56. The number of hydrogen-bond donors (Lipinski definition) is 1. The van der Waals surface area contributed by atoms with Crippen molar-refractivity contribution in [2.24, 2.45) is 5.92 Å². The lowest BCUT2D eigenvalue weighted by atomic mass is 9.74. The van der Waals surface area contributed by atoms with Gasteiger partial charge in [0.1, 0.15) is 11.5 Å². The Morgan fingerprint density at radius 1 is 1.16 bits per heavy atom. The lowest BCUT2D eigenvalue weighted by Crippen LogP contribution is -2.48. The summed E-state index contributed by atoms with van der Waals surface area (Å²) < 4.78 is 0. The molecule has 25 heavy (non-hydrogen) atoms. The molecule has 2 aliphatic rings. The molecule has 1 aromatic rings. The Labute approximate surface area is 152 Å². The molecule has 0 spiro atoms. The van der Waals surface area contributed by atoms with Crippen LogP contribution in [0.2, 0.25) is 0 Å². The maximum absolute atomic E-state index is 11.8. The van der Waals surface area contributed by atoms with Crippen molar-refractivity contribution in [3.05, 3.63) is 43.0 Å². The maximum atomic E-state index is 11.8. The highest BCUT2D eigenvalue weighted by Crippen LogP contribution is 2.42. The van der Waals surface area contributed by atoms with Crippen molar-refractivity contribution in [1.29, 1.82) is 0 Å². The third-order valence-electron chi connectivity index (χ3n) is 6.01. The Balaban J connectivity index is 0.00000109. The second-order valence-electron chi connectivity index (χ2n) is 7.51. The van der Waals surface area contributed by atoms with E-state index >= 15 is 0 Å². The van der Waals surface area contributed by atoms with Crippen molar-refractivity contribution in [3.8, 4) is 5.75 Å². The molecule has 0 aliphatic heterocycles. The molecule has 3 rings (SSSR count). The average molecular weight is 344 g/mol. The smallest absolute Gasteiger partial charge is 0.133 e. The third kappa shape index (κ3) is 4.72. The molecule has 0 saturated heterocycles. The first-order valence-electron chi connectivity index (χ1n) is 9.63. The average Bonchev–Trinajstić information content (AvgIpc) is 2.65. The number of hydrogen-bond acceptors (Lipinski definition) is 3. The molecule has 2 fully saturated rings. The van der Waals surface area contributed by atoms with Crippen LogP contribution in [0.1, 0.15) is 63.4 Å². The highest BCUT2D eigenvalue weighted by Gasteiger charge is 2.40. The highest BCUT2D eigenvalue weighted by atomic mass is 16.3. The molecule has 0 unspecified atom stereocenters. The number of Topliss-reactive ketones (excluding diaryl/α,β-unsaturated/α-hetero) is 1. The van der Waals surface area contributed by atoms with E-state index in [0.717, 1.165) is 25.3 Å². The lowest BCUT2D eigenvalue weighted by molar-refractivity contribution is -0.123. The zero-order valence-corrected chi connectivity index (χ0v) is 15.7. The molecule has 2 aliphatic carbocycles. The van der Waals surface area contributed by atoms with Crippen LogP contribution in [0, 0.1) is 5.92 Å². The van der Waals surface area contributed by atoms with Crippen LogP contribution in [0.4, 0.5) is 0 Å². The molecule has 2 saturated carbocycles. The van der Waals surface area contributed by atoms with E-state index in [4.69, 9.17) is 0 Å². The summed E-state index contributed by atoms with van der Waals surface area (Å²) >= 11 is 0. The molecular weight excluding hydrogens is 310 g/mol. The van der Waals surface area contributed by atoms with Crippen LogP contribution >= 0.6 is 0 Å². The molecule has 1 aromatic carbocycles. The zero-order valence-electron chi connectivity index (χ0n) is 15.7. The third-order valence-corrected chi connectivity index (χ3v) is 6.01. The van der Waals surface area contributed by atoms with E-state index in [0.29, 0.717) is 24.4 Å². The second-order valence-corrected chi connectivity index (χ2v) is 7.51. The van der Waals surface area contributed by atoms with Gasteiger partial charge in [0, 0.05) is 24.9 Å². The Morgan fingerprint density at radius 2 is 1.80 bits per heavy atom. The quantitative estimate of drug-likeness (QED) is 0.778. The molecule has 0 radical (unpaired) electrons. The van der Waals surface area contributed by atoms with Gasteiger partial charge in [-0.15, -0.1) is 13.2 Å². The van der Waals surface area contributed by atoms with Crippen molar-refractivity contribution < 1.29 is 9.90 Å². The van der Waals surface area contributed by atoms with Gasteiger partial charge in [-0.25, -0.2) is 0 Å². The number of ketones is 1. The van der Waals surface area contributed by atoms with E-state index in [2.05, 4.69) is 31.2 Å². The number of carbonyl (C=O) groups excluding carboxylic acids is 1. The molecule has 0 aromatic heterocycles. The fourth-order valence-corrected chi connectivity index (χ4v) is 4.56. The van der Waals surface area contributed by atoms with Gasteiger partial charge in [-0.05, 0) is 56.3 Å². The molecule has 3 heteroatoms. The summed E-state index contributed by atoms with van der Waals surface area (Å²) in [4.78, 5) is 14.3. The molecule has 0 atom stereocenters. The summed E-state index contributed by atoms with van der Waals surface area (Å²) in [5, 5.41) is 9.93. The minimum absolute atomic E-state index is 0.0932. The van der Waals surface area contributed by atoms with Crippen molar-refractivity contribution in [2.45, 2.75) is 63.3 Å². The molecule has 1 N–H and O–H groups in total. The Kier molecular flexibility index (Phi) is 7.24. The van der Waals surface area contributed by atoms with Crippen molar-refractivity contribution in [1.82, 2.24) is 4.90 Å². The number of rotatable bonds is 4. The summed E-state index contributed by atoms with van der Waals surface area (Å²) in [6.07, 6.45) is 9.82. The number of phenolic OH excluding ortho intramolecular Hbond substituents is 1. The minimum atomic E-state index is -0.0932. The number of aromatic hydroxyl groups is 1. The Morgan fingerprint density at radius 3 is 2.40 bits per heavy atom. The monoisotopic (exact) mass is 343 g/mol. The van der Waals surface area contributed by atoms with E-state index in [1.165, 1.54) is 37.7 Å². The normalized spacial score (nSPS) is 20.8. The molecule has 0 heterocycles. The number of phenols is 1. The van der Waals surface area contributed by atoms with Crippen LogP contribution in [0.5, 0.6) is 5.75 Å². The zero-order chi connectivity index (χ0) is 18.3. The van der Waals surface area contributed by atoms with E-state index in [1.807, 2.05) is 12.1 Å².